The van der Waals surface area contributed by atoms with E-state index < -0.39 is 22.0 Å². The van der Waals surface area contributed by atoms with Crippen LogP contribution in [0.5, 0.6) is 0 Å². The van der Waals surface area contributed by atoms with Crippen molar-refractivity contribution >= 4 is 16.4 Å². The Balaban J connectivity index is 2.10. The summed E-state index contributed by atoms with van der Waals surface area (Å²) in [6, 6.07) is 31.6. The third kappa shape index (κ3) is 7.12. The van der Waals surface area contributed by atoms with Crippen LogP contribution >= 0.6 is 0 Å². The molecule has 0 bridgehead atoms. The molecule has 0 spiro atoms. The standard InChI is InChI=1S/C29H38O2Si2/c1-32(2,3)23-22-28(31-33(4,5)6)24-30-29(25-16-10-7-11-17-25,26-18-12-8-13-19-26)27-20-14-9-15-21-27/h7-23,28H,24H2,1-6H3/b23-22+. The number of hydrogen-bond acceptors (Lipinski definition) is 2. The van der Waals surface area contributed by atoms with Gasteiger partial charge >= 0.3 is 0 Å². The smallest absolute Gasteiger partial charge is 0.184 e. The fourth-order valence-corrected chi connectivity index (χ4v) is 5.80. The lowest BCUT2D eigenvalue weighted by Crippen LogP contribution is -2.39. The van der Waals surface area contributed by atoms with E-state index in [0.717, 1.165) is 16.7 Å². The van der Waals surface area contributed by atoms with Crippen molar-refractivity contribution in [2.75, 3.05) is 6.61 Å². The highest BCUT2D eigenvalue weighted by Gasteiger charge is 2.38. The van der Waals surface area contributed by atoms with Crippen LogP contribution in [-0.2, 0) is 14.8 Å². The maximum atomic E-state index is 7.02. The van der Waals surface area contributed by atoms with Crippen molar-refractivity contribution in [2.24, 2.45) is 0 Å². The van der Waals surface area contributed by atoms with Gasteiger partial charge in [-0.15, -0.1) is 0 Å². The van der Waals surface area contributed by atoms with E-state index >= 15 is 0 Å². The second-order valence-corrected chi connectivity index (χ2v) is 20.1. The molecule has 0 aliphatic heterocycles. The first kappa shape index (κ1) is 25.4. The van der Waals surface area contributed by atoms with Gasteiger partial charge in [0.05, 0.1) is 20.8 Å². The van der Waals surface area contributed by atoms with Crippen LogP contribution in [0.2, 0.25) is 39.3 Å². The Bertz CT molecular complexity index is 908. The minimum atomic E-state index is -1.77. The van der Waals surface area contributed by atoms with Crippen LogP contribution in [0.15, 0.2) is 103 Å². The van der Waals surface area contributed by atoms with Crippen LogP contribution < -0.4 is 0 Å². The van der Waals surface area contributed by atoms with Crippen molar-refractivity contribution in [1.82, 2.24) is 0 Å². The molecular formula is C29H38O2Si2. The molecule has 0 N–H and O–H groups in total. The summed E-state index contributed by atoms with van der Waals surface area (Å²) in [6.45, 7) is 14.2. The second kappa shape index (κ2) is 10.8. The Morgan fingerprint density at radius 1 is 0.667 bits per heavy atom. The zero-order chi connectivity index (χ0) is 24.0. The van der Waals surface area contributed by atoms with Gasteiger partial charge in [0.1, 0.15) is 5.60 Å². The zero-order valence-corrected chi connectivity index (χ0v) is 22.9. The molecule has 0 fully saturated rings. The third-order valence-corrected chi connectivity index (χ3v) is 7.52. The molecule has 0 saturated heterocycles. The molecule has 0 heterocycles. The van der Waals surface area contributed by atoms with Gasteiger partial charge in [-0.1, -0.05) is 122 Å². The van der Waals surface area contributed by atoms with E-state index in [1.807, 2.05) is 0 Å². The first-order chi connectivity index (χ1) is 15.6. The molecule has 0 amide bonds. The summed E-state index contributed by atoms with van der Waals surface area (Å²) in [7, 11) is -3.13. The lowest BCUT2D eigenvalue weighted by atomic mass is 9.80. The van der Waals surface area contributed by atoms with Crippen molar-refractivity contribution in [2.45, 2.75) is 51.0 Å². The van der Waals surface area contributed by atoms with Crippen molar-refractivity contribution in [1.29, 1.82) is 0 Å². The van der Waals surface area contributed by atoms with E-state index in [0.29, 0.717) is 6.61 Å². The molecule has 33 heavy (non-hydrogen) atoms. The Hall–Kier alpha value is -2.25. The summed E-state index contributed by atoms with van der Waals surface area (Å²) in [4.78, 5) is 0. The third-order valence-electron chi connectivity index (χ3n) is 5.32. The molecule has 1 unspecified atom stereocenters. The molecule has 3 rings (SSSR count). The molecule has 0 radical (unpaired) electrons. The summed E-state index contributed by atoms with van der Waals surface area (Å²) >= 11 is 0. The predicted octanol–water partition coefficient (Wildman–Crippen LogP) is 7.65. The van der Waals surface area contributed by atoms with Crippen molar-refractivity contribution < 1.29 is 9.16 Å². The fraction of sp³-hybridized carbons (Fsp3) is 0.310. The van der Waals surface area contributed by atoms with Gasteiger partial charge in [0.15, 0.2) is 8.32 Å². The highest BCUT2D eigenvalue weighted by molar-refractivity contribution is 6.81. The van der Waals surface area contributed by atoms with Crippen molar-refractivity contribution in [3.05, 3.63) is 119 Å². The van der Waals surface area contributed by atoms with Crippen LogP contribution in [-0.4, -0.2) is 29.1 Å². The van der Waals surface area contributed by atoms with Crippen LogP contribution in [0.25, 0.3) is 0 Å². The van der Waals surface area contributed by atoms with Crippen LogP contribution in [0, 0.1) is 0 Å². The molecule has 0 aliphatic rings. The summed E-state index contributed by atoms with van der Waals surface area (Å²) in [5.74, 6) is 0. The largest absolute Gasteiger partial charge is 0.409 e. The number of rotatable bonds is 10. The molecule has 1 atom stereocenters. The average molecular weight is 475 g/mol. The number of benzene rings is 3. The average Bonchev–Trinajstić information content (AvgIpc) is 2.78. The molecule has 0 saturated carbocycles. The number of hydrogen-bond donors (Lipinski definition) is 0. The molecular weight excluding hydrogens is 436 g/mol. The Morgan fingerprint density at radius 3 is 1.39 bits per heavy atom. The molecule has 3 aromatic rings. The van der Waals surface area contributed by atoms with Crippen LogP contribution in [0.4, 0.5) is 0 Å². The number of ether oxygens (including phenoxy) is 1. The first-order valence-corrected chi connectivity index (χ1v) is 18.8. The van der Waals surface area contributed by atoms with Crippen molar-refractivity contribution in [3.8, 4) is 0 Å². The lowest BCUT2D eigenvalue weighted by molar-refractivity contribution is -0.0205. The maximum Gasteiger partial charge on any atom is 0.184 e. The van der Waals surface area contributed by atoms with Gasteiger partial charge in [-0.25, -0.2) is 0 Å². The monoisotopic (exact) mass is 474 g/mol. The molecule has 4 heteroatoms. The summed E-state index contributed by atoms with van der Waals surface area (Å²) in [5.41, 5.74) is 4.99. The molecule has 3 aromatic carbocycles. The normalized spacial score (nSPS) is 13.9. The quantitative estimate of drug-likeness (QED) is 0.222. The highest BCUT2D eigenvalue weighted by atomic mass is 28.4. The van der Waals surface area contributed by atoms with Gasteiger partial charge in [-0.2, -0.15) is 0 Å². The van der Waals surface area contributed by atoms with E-state index in [1.54, 1.807) is 0 Å². The lowest BCUT2D eigenvalue weighted by Gasteiger charge is -2.37. The van der Waals surface area contributed by atoms with Gasteiger partial charge < -0.3 is 9.16 Å². The molecule has 0 aliphatic carbocycles. The highest BCUT2D eigenvalue weighted by Crippen LogP contribution is 2.40. The SMILES string of the molecule is C[Si](C)(C)/C=C/C(COC(c1ccccc1)(c1ccccc1)c1ccccc1)O[Si](C)(C)C. The maximum absolute atomic E-state index is 7.02. The fourth-order valence-electron chi connectivity index (χ4n) is 3.95. The Morgan fingerprint density at radius 2 is 1.06 bits per heavy atom. The van der Waals surface area contributed by atoms with E-state index in [-0.39, 0.29) is 6.10 Å². The van der Waals surface area contributed by atoms with E-state index in [4.69, 9.17) is 9.16 Å². The Kier molecular flexibility index (Phi) is 8.30. The van der Waals surface area contributed by atoms with Gasteiger partial charge in [-0.05, 0) is 36.3 Å². The summed E-state index contributed by atoms with van der Waals surface area (Å²) in [5, 5.41) is 0. The zero-order valence-electron chi connectivity index (χ0n) is 20.9. The molecule has 2 nitrogen and oxygen atoms in total. The molecule has 174 valence electrons. The van der Waals surface area contributed by atoms with Crippen molar-refractivity contribution in [3.63, 3.8) is 0 Å². The minimum Gasteiger partial charge on any atom is -0.409 e. The minimum absolute atomic E-state index is 0.0843. The second-order valence-electron chi connectivity index (χ2n) is 10.6. The van der Waals surface area contributed by atoms with Gasteiger partial charge in [0.25, 0.3) is 0 Å². The molecule has 0 aromatic heterocycles. The van der Waals surface area contributed by atoms with Gasteiger partial charge in [-0.3, -0.25) is 0 Å². The van der Waals surface area contributed by atoms with Crippen LogP contribution in [0.1, 0.15) is 16.7 Å². The first-order valence-electron chi connectivity index (χ1n) is 11.8. The Labute approximate surface area is 202 Å². The van der Waals surface area contributed by atoms with Gasteiger partial charge in [0, 0.05) is 0 Å². The van der Waals surface area contributed by atoms with Crippen LogP contribution in [0.3, 0.4) is 0 Å². The predicted molar refractivity (Wildman–Crippen MR) is 146 cm³/mol. The summed E-state index contributed by atoms with van der Waals surface area (Å²) in [6.07, 6.45) is 2.16. The summed E-state index contributed by atoms with van der Waals surface area (Å²) < 4.78 is 13.6. The van der Waals surface area contributed by atoms with E-state index in [2.05, 4.69) is 142 Å². The van der Waals surface area contributed by atoms with E-state index in [9.17, 15) is 0 Å². The topological polar surface area (TPSA) is 18.5 Å². The van der Waals surface area contributed by atoms with Gasteiger partial charge in [0.2, 0.25) is 0 Å². The van der Waals surface area contributed by atoms with E-state index in [1.165, 1.54) is 0 Å².